The molecule has 1 aromatic rings. The molecule has 0 amide bonds. The molecular weight excluding hydrogens is 232 g/mol. The maximum atomic E-state index is 5.72. The van der Waals surface area contributed by atoms with Crippen LogP contribution in [-0.4, -0.2) is 55.4 Å². The van der Waals surface area contributed by atoms with Gasteiger partial charge in [-0.3, -0.25) is 0 Å². The summed E-state index contributed by atoms with van der Waals surface area (Å²) in [6.07, 6.45) is 0. The summed E-state index contributed by atoms with van der Waals surface area (Å²) in [6.45, 7) is 5.49. The average molecular weight is 254 g/mol. The quantitative estimate of drug-likeness (QED) is 0.786. The minimum absolute atomic E-state index is 0.178. The zero-order valence-corrected chi connectivity index (χ0v) is 11.7. The Bertz CT molecular complexity index is 384. The first-order valence-electron chi connectivity index (χ1n) is 5.94. The lowest BCUT2D eigenvalue weighted by Gasteiger charge is -2.28. The first-order chi connectivity index (χ1) is 8.49. The molecular formula is C11H22N6O. The van der Waals surface area contributed by atoms with Gasteiger partial charge in [-0.25, -0.2) is 0 Å². The summed E-state index contributed by atoms with van der Waals surface area (Å²) < 4.78 is 5.16. The fourth-order valence-electron chi connectivity index (χ4n) is 1.68. The molecule has 7 heteroatoms. The molecule has 1 atom stereocenters. The molecule has 0 aromatic carbocycles. The number of methoxy groups -OCH3 is 1. The van der Waals surface area contributed by atoms with Crippen LogP contribution in [0.4, 0.5) is 17.8 Å². The standard InChI is InChI=1S/C11H22N6O/c1-6-17(8(2)7-18-5)11-14-9(12)13-10(15-11)16(3)4/h8H,6-7H2,1-5H3,(H2,12,13,14,15). The summed E-state index contributed by atoms with van der Waals surface area (Å²) in [5.74, 6) is 1.37. The van der Waals surface area contributed by atoms with E-state index < -0.39 is 0 Å². The fraction of sp³-hybridized carbons (Fsp3) is 0.727. The van der Waals surface area contributed by atoms with Crippen molar-refractivity contribution in [3.05, 3.63) is 0 Å². The van der Waals surface area contributed by atoms with E-state index in [2.05, 4.69) is 21.9 Å². The van der Waals surface area contributed by atoms with E-state index in [-0.39, 0.29) is 12.0 Å². The molecule has 0 fully saturated rings. The van der Waals surface area contributed by atoms with Crippen molar-refractivity contribution in [2.45, 2.75) is 19.9 Å². The number of hydrogen-bond donors (Lipinski definition) is 1. The molecule has 1 rings (SSSR count). The minimum Gasteiger partial charge on any atom is -0.383 e. The SMILES string of the molecule is CCN(c1nc(N)nc(N(C)C)n1)C(C)COC. The van der Waals surface area contributed by atoms with E-state index in [9.17, 15) is 0 Å². The van der Waals surface area contributed by atoms with E-state index >= 15 is 0 Å². The Morgan fingerprint density at radius 3 is 2.33 bits per heavy atom. The molecule has 0 aliphatic heterocycles. The summed E-state index contributed by atoms with van der Waals surface area (Å²) >= 11 is 0. The Balaban J connectivity index is 3.05. The number of nitrogens with zero attached hydrogens (tertiary/aromatic N) is 5. The Morgan fingerprint density at radius 2 is 1.83 bits per heavy atom. The van der Waals surface area contributed by atoms with Crippen LogP contribution in [0.3, 0.4) is 0 Å². The van der Waals surface area contributed by atoms with Crippen LogP contribution in [-0.2, 0) is 4.74 Å². The van der Waals surface area contributed by atoms with Gasteiger partial charge in [0.15, 0.2) is 0 Å². The van der Waals surface area contributed by atoms with Gasteiger partial charge in [0.2, 0.25) is 17.8 Å². The zero-order chi connectivity index (χ0) is 13.7. The minimum atomic E-state index is 0.178. The number of nitrogens with two attached hydrogens (primary N) is 1. The molecule has 18 heavy (non-hydrogen) atoms. The van der Waals surface area contributed by atoms with Crippen LogP contribution in [0.5, 0.6) is 0 Å². The molecule has 1 heterocycles. The highest BCUT2D eigenvalue weighted by Crippen LogP contribution is 2.15. The predicted octanol–water partition coefficient (Wildman–Crippen LogP) is 0.381. The molecule has 0 saturated heterocycles. The first kappa shape index (κ1) is 14.4. The largest absolute Gasteiger partial charge is 0.383 e. The van der Waals surface area contributed by atoms with E-state index in [1.54, 1.807) is 12.0 Å². The summed E-state index contributed by atoms with van der Waals surface area (Å²) in [7, 11) is 5.41. The molecule has 7 nitrogen and oxygen atoms in total. The summed E-state index contributed by atoms with van der Waals surface area (Å²) in [6, 6.07) is 0.178. The highest BCUT2D eigenvalue weighted by atomic mass is 16.5. The van der Waals surface area contributed by atoms with Crippen molar-refractivity contribution in [2.24, 2.45) is 0 Å². The second kappa shape index (κ2) is 6.34. The molecule has 1 aromatic heterocycles. The second-order valence-corrected chi connectivity index (χ2v) is 4.28. The van der Waals surface area contributed by atoms with Gasteiger partial charge in [-0.05, 0) is 13.8 Å². The smallest absolute Gasteiger partial charge is 0.232 e. The van der Waals surface area contributed by atoms with E-state index in [1.807, 2.05) is 25.9 Å². The van der Waals surface area contributed by atoms with Crippen LogP contribution in [0.2, 0.25) is 0 Å². The van der Waals surface area contributed by atoms with Gasteiger partial charge >= 0.3 is 0 Å². The monoisotopic (exact) mass is 254 g/mol. The molecule has 0 saturated carbocycles. The summed E-state index contributed by atoms with van der Waals surface area (Å²) in [5, 5.41) is 0. The Kier molecular flexibility index (Phi) is 5.08. The third kappa shape index (κ3) is 3.43. The highest BCUT2D eigenvalue weighted by molar-refractivity contribution is 5.43. The molecule has 1 unspecified atom stereocenters. The van der Waals surface area contributed by atoms with Crippen molar-refractivity contribution in [1.82, 2.24) is 15.0 Å². The third-order valence-corrected chi connectivity index (χ3v) is 2.57. The first-order valence-corrected chi connectivity index (χ1v) is 5.94. The number of likely N-dealkylation sites (N-methyl/N-ethyl adjacent to an activating group) is 1. The number of anilines is 3. The topological polar surface area (TPSA) is 80.4 Å². The third-order valence-electron chi connectivity index (χ3n) is 2.57. The number of aromatic nitrogens is 3. The number of hydrogen-bond acceptors (Lipinski definition) is 7. The molecule has 102 valence electrons. The predicted molar refractivity (Wildman–Crippen MR) is 72.9 cm³/mol. The lowest BCUT2D eigenvalue weighted by molar-refractivity contribution is 0.181. The van der Waals surface area contributed by atoms with Crippen LogP contribution in [0.15, 0.2) is 0 Å². The van der Waals surface area contributed by atoms with E-state index in [0.717, 1.165) is 6.54 Å². The van der Waals surface area contributed by atoms with Crippen LogP contribution < -0.4 is 15.5 Å². The van der Waals surface area contributed by atoms with Crippen molar-refractivity contribution < 1.29 is 4.74 Å². The van der Waals surface area contributed by atoms with Crippen LogP contribution in [0.25, 0.3) is 0 Å². The van der Waals surface area contributed by atoms with Crippen LogP contribution in [0.1, 0.15) is 13.8 Å². The van der Waals surface area contributed by atoms with Crippen LogP contribution >= 0.6 is 0 Å². The van der Waals surface area contributed by atoms with Crippen LogP contribution in [0, 0.1) is 0 Å². The van der Waals surface area contributed by atoms with Gasteiger partial charge in [0.25, 0.3) is 0 Å². The lowest BCUT2D eigenvalue weighted by Crippen LogP contribution is -2.37. The number of ether oxygens (including phenoxy) is 1. The average Bonchev–Trinajstić information content (AvgIpc) is 2.29. The summed E-state index contributed by atoms with van der Waals surface area (Å²) in [5.41, 5.74) is 5.72. The number of rotatable bonds is 6. The molecule has 0 bridgehead atoms. The molecule has 0 radical (unpaired) electrons. The van der Waals surface area contributed by atoms with Gasteiger partial charge in [0, 0.05) is 27.7 Å². The Labute approximate surface area is 108 Å². The van der Waals surface area contributed by atoms with E-state index in [1.165, 1.54) is 0 Å². The van der Waals surface area contributed by atoms with Crippen molar-refractivity contribution in [3.8, 4) is 0 Å². The molecule has 0 spiro atoms. The van der Waals surface area contributed by atoms with Gasteiger partial charge in [-0.15, -0.1) is 0 Å². The zero-order valence-electron chi connectivity index (χ0n) is 11.7. The lowest BCUT2D eigenvalue weighted by atomic mass is 10.3. The summed E-state index contributed by atoms with van der Waals surface area (Å²) in [4.78, 5) is 16.5. The Hall–Kier alpha value is -1.63. The van der Waals surface area contributed by atoms with Crippen molar-refractivity contribution in [2.75, 3.05) is 49.9 Å². The Morgan fingerprint density at radius 1 is 1.22 bits per heavy atom. The van der Waals surface area contributed by atoms with Crippen molar-refractivity contribution in [3.63, 3.8) is 0 Å². The van der Waals surface area contributed by atoms with Crippen molar-refractivity contribution in [1.29, 1.82) is 0 Å². The van der Waals surface area contributed by atoms with Gasteiger partial charge in [-0.1, -0.05) is 0 Å². The second-order valence-electron chi connectivity index (χ2n) is 4.28. The van der Waals surface area contributed by atoms with E-state index in [4.69, 9.17) is 10.5 Å². The van der Waals surface area contributed by atoms with E-state index in [0.29, 0.717) is 18.5 Å². The van der Waals surface area contributed by atoms with Gasteiger partial charge in [0.05, 0.1) is 12.6 Å². The van der Waals surface area contributed by atoms with Gasteiger partial charge in [0.1, 0.15) is 0 Å². The molecule has 0 aliphatic carbocycles. The fourth-order valence-corrected chi connectivity index (χ4v) is 1.68. The number of nitrogen functional groups attached to an aromatic ring is 1. The molecule has 2 N–H and O–H groups in total. The van der Waals surface area contributed by atoms with Gasteiger partial charge in [-0.2, -0.15) is 15.0 Å². The van der Waals surface area contributed by atoms with Gasteiger partial charge < -0.3 is 20.3 Å². The maximum Gasteiger partial charge on any atom is 0.232 e. The molecule has 0 aliphatic rings. The maximum absolute atomic E-state index is 5.72. The van der Waals surface area contributed by atoms with Crippen molar-refractivity contribution >= 4 is 17.8 Å². The highest BCUT2D eigenvalue weighted by Gasteiger charge is 2.17. The normalized spacial score (nSPS) is 12.3.